The van der Waals surface area contributed by atoms with Crippen LogP contribution in [-0.4, -0.2) is 85.9 Å². The summed E-state index contributed by atoms with van der Waals surface area (Å²) in [5.74, 6) is -0.676. The highest BCUT2D eigenvalue weighted by Gasteiger charge is 2.46. The Morgan fingerprint density at radius 3 is 2.59 bits per heavy atom. The van der Waals surface area contributed by atoms with Crippen molar-refractivity contribution in [2.24, 2.45) is 5.92 Å². The van der Waals surface area contributed by atoms with Crippen molar-refractivity contribution in [3.8, 4) is 6.07 Å². The van der Waals surface area contributed by atoms with Crippen molar-refractivity contribution in [1.29, 1.82) is 5.26 Å². The third kappa shape index (κ3) is 7.18. The van der Waals surface area contributed by atoms with E-state index < -0.39 is 38.6 Å². The molecule has 0 radical (unpaired) electrons. The first kappa shape index (κ1) is 31.0. The van der Waals surface area contributed by atoms with E-state index in [9.17, 15) is 14.7 Å². The van der Waals surface area contributed by atoms with Crippen LogP contribution in [0.25, 0.3) is 11.2 Å². The lowest BCUT2D eigenvalue weighted by Crippen LogP contribution is -2.37. The monoisotopic (exact) mass is 567 g/mol. The number of carbonyl (C=O) groups is 1. The molecule has 3 N–H and O–H groups in total. The van der Waals surface area contributed by atoms with Crippen LogP contribution in [-0.2, 0) is 23.3 Å². The smallest absolute Gasteiger partial charge is 0.280 e. The fraction of sp³-hybridized carbons (Fsp3) is 0.708. The first-order valence-corrected chi connectivity index (χ1v) is 14.0. The number of fused-ring (bicyclic) bond motifs is 1. The van der Waals surface area contributed by atoms with Gasteiger partial charge in [0, 0.05) is 25.1 Å². The van der Waals surface area contributed by atoms with E-state index in [1.807, 2.05) is 27.7 Å². The Bertz CT molecular complexity index is 1200. The van der Waals surface area contributed by atoms with E-state index in [-0.39, 0.29) is 60.7 Å². The number of methoxy groups -OCH3 is 1. The van der Waals surface area contributed by atoms with Gasteiger partial charge in [-0.1, -0.05) is 13.8 Å². The minimum absolute atomic E-state index is 0.0286. The quantitative estimate of drug-likeness (QED) is 0.239. The number of aliphatic hydroxyl groups is 1. The van der Waals surface area contributed by atoms with Crippen molar-refractivity contribution < 1.29 is 28.4 Å². The van der Waals surface area contributed by atoms with E-state index in [2.05, 4.69) is 31.0 Å². The largest absolute Gasteiger partial charge is 0.386 e. The second kappa shape index (κ2) is 13.7. The molecule has 3 heterocycles. The summed E-state index contributed by atoms with van der Waals surface area (Å²) in [5.41, 5.74) is -0.386. The zero-order chi connectivity index (χ0) is 28.9. The van der Waals surface area contributed by atoms with Crippen LogP contribution in [0.2, 0.25) is 0 Å². The third-order valence-corrected chi connectivity index (χ3v) is 8.14. The van der Waals surface area contributed by atoms with Crippen molar-refractivity contribution >= 4 is 31.5 Å². The molecule has 39 heavy (non-hydrogen) atoms. The van der Waals surface area contributed by atoms with Crippen molar-refractivity contribution in [2.75, 3.05) is 25.6 Å². The highest BCUT2D eigenvalue weighted by atomic mass is 31.2. The molecule has 1 amide bonds. The van der Waals surface area contributed by atoms with Gasteiger partial charge < -0.3 is 23.6 Å². The molecule has 0 spiro atoms. The number of nitriles is 1. The van der Waals surface area contributed by atoms with Gasteiger partial charge in [0.25, 0.3) is 14.1 Å². The van der Waals surface area contributed by atoms with Crippen LogP contribution in [0.1, 0.15) is 54.2 Å². The predicted molar refractivity (Wildman–Crippen MR) is 143 cm³/mol. The average Bonchev–Trinajstić information content (AvgIpc) is 3.42. The van der Waals surface area contributed by atoms with E-state index in [0.717, 1.165) is 0 Å². The number of nitrogens with one attached hydrogen (secondary N) is 2. The lowest BCUT2D eigenvalue weighted by atomic mass is 10.1. The van der Waals surface area contributed by atoms with Gasteiger partial charge in [0.15, 0.2) is 17.4 Å². The molecule has 14 nitrogen and oxygen atoms in total. The number of hydrogen-bond acceptors (Lipinski definition) is 11. The summed E-state index contributed by atoms with van der Waals surface area (Å²) in [7, 11) is -0.0712. The Morgan fingerprint density at radius 1 is 1.31 bits per heavy atom. The lowest BCUT2D eigenvalue weighted by molar-refractivity contribution is -0.118. The Morgan fingerprint density at radius 2 is 2.00 bits per heavy atom. The SMILES string of the molecule is CO[C@H]1[C@@H](O)[C@H](n2cnc3c(=O)[nH]c(NC(=O)C(C)C)nc32)O[C@@H]1COP(OCCC#N)N(C(C)C)C(C)C. The van der Waals surface area contributed by atoms with Crippen molar-refractivity contribution in [3.63, 3.8) is 0 Å². The standard InChI is InChI=1S/C24H38N7O7P/c1-13(2)21(33)28-24-27-20-17(22(34)29-24)26-12-30(20)23-18(32)19(35-7)16(38-23)11-37-39(36-10-8-9-25)31(14(3)4)15(5)6/h12-16,18-19,23,32H,8,10-11H2,1-7H3,(H2,27,28,29,33,34)/t16-,18-,19-,23-,39?/m1/s1. The number of nitrogens with zero attached hydrogens (tertiary/aromatic N) is 5. The number of ether oxygens (including phenoxy) is 2. The summed E-state index contributed by atoms with van der Waals surface area (Å²) in [4.78, 5) is 35.7. The van der Waals surface area contributed by atoms with Crippen molar-refractivity contribution in [3.05, 3.63) is 16.7 Å². The second-order valence-corrected chi connectivity index (χ2v) is 11.4. The van der Waals surface area contributed by atoms with Gasteiger partial charge in [0.05, 0.1) is 32.0 Å². The molecule has 0 bridgehead atoms. The van der Waals surface area contributed by atoms with Crippen LogP contribution in [0, 0.1) is 17.2 Å². The molecule has 1 aliphatic rings. The number of aromatic amines is 1. The summed E-state index contributed by atoms with van der Waals surface area (Å²) < 4.78 is 27.4. The number of rotatable bonds is 13. The number of amides is 1. The van der Waals surface area contributed by atoms with E-state index >= 15 is 0 Å². The molecule has 1 unspecified atom stereocenters. The molecule has 1 aliphatic heterocycles. The van der Waals surface area contributed by atoms with Gasteiger partial charge in [-0.2, -0.15) is 10.2 Å². The fourth-order valence-corrected chi connectivity index (χ4v) is 5.88. The Labute approximate surface area is 228 Å². The third-order valence-electron chi connectivity index (χ3n) is 6.07. The highest BCUT2D eigenvalue weighted by molar-refractivity contribution is 7.44. The molecule has 1 fully saturated rings. The van der Waals surface area contributed by atoms with Gasteiger partial charge in [-0.05, 0) is 27.7 Å². The van der Waals surface area contributed by atoms with E-state index in [0.29, 0.717) is 0 Å². The molecule has 2 aromatic rings. The summed E-state index contributed by atoms with van der Waals surface area (Å²) in [6.45, 7) is 11.8. The normalized spacial score (nSPS) is 22.3. The molecule has 5 atom stereocenters. The molecule has 15 heteroatoms. The van der Waals surface area contributed by atoms with Gasteiger partial charge in [0.1, 0.15) is 18.3 Å². The summed E-state index contributed by atoms with van der Waals surface area (Å²) in [6, 6.07) is 2.30. The van der Waals surface area contributed by atoms with E-state index in [1.165, 1.54) is 18.0 Å². The maximum atomic E-state index is 12.6. The number of hydrogen-bond donors (Lipinski definition) is 3. The minimum Gasteiger partial charge on any atom is -0.386 e. The molecule has 216 valence electrons. The molecular weight excluding hydrogens is 529 g/mol. The molecule has 0 saturated carbocycles. The number of carbonyl (C=O) groups excluding carboxylic acids is 1. The van der Waals surface area contributed by atoms with Gasteiger partial charge in [-0.25, -0.2) is 9.65 Å². The number of imidazole rings is 1. The zero-order valence-corrected chi connectivity index (χ0v) is 24.2. The highest BCUT2D eigenvalue weighted by Crippen LogP contribution is 2.47. The number of aromatic nitrogens is 4. The lowest BCUT2D eigenvalue weighted by Gasteiger charge is -2.36. The maximum absolute atomic E-state index is 12.6. The van der Waals surface area contributed by atoms with Crippen LogP contribution < -0.4 is 10.9 Å². The first-order valence-electron chi connectivity index (χ1n) is 12.8. The summed E-state index contributed by atoms with van der Waals surface area (Å²) in [6.07, 6.45) is -2.02. The average molecular weight is 568 g/mol. The van der Waals surface area contributed by atoms with Gasteiger partial charge in [-0.3, -0.25) is 24.5 Å². The molecule has 2 aromatic heterocycles. The van der Waals surface area contributed by atoms with Crippen LogP contribution >= 0.6 is 8.53 Å². The number of aliphatic hydroxyl groups excluding tert-OH is 1. The van der Waals surface area contributed by atoms with Gasteiger partial charge >= 0.3 is 0 Å². The van der Waals surface area contributed by atoms with E-state index in [4.69, 9.17) is 23.8 Å². The predicted octanol–water partition coefficient (Wildman–Crippen LogP) is 2.28. The van der Waals surface area contributed by atoms with Gasteiger partial charge in [0.2, 0.25) is 11.9 Å². The van der Waals surface area contributed by atoms with Crippen molar-refractivity contribution in [2.45, 2.75) is 84.6 Å². The molecule has 0 aromatic carbocycles. The van der Waals surface area contributed by atoms with Gasteiger partial charge in [-0.15, -0.1) is 0 Å². The van der Waals surface area contributed by atoms with Crippen LogP contribution in [0.3, 0.4) is 0 Å². The maximum Gasteiger partial charge on any atom is 0.280 e. The first-order chi connectivity index (χ1) is 18.5. The molecule has 1 saturated heterocycles. The Kier molecular flexibility index (Phi) is 10.9. The topological polar surface area (TPSA) is 177 Å². The molecular formula is C24H38N7O7P. The van der Waals surface area contributed by atoms with E-state index in [1.54, 1.807) is 13.8 Å². The Balaban J connectivity index is 1.84. The number of H-pyrrole nitrogens is 1. The van der Waals surface area contributed by atoms with Crippen molar-refractivity contribution in [1.82, 2.24) is 24.2 Å². The van der Waals surface area contributed by atoms with Crippen LogP contribution in [0.15, 0.2) is 11.1 Å². The second-order valence-electron chi connectivity index (χ2n) is 9.98. The fourth-order valence-electron chi connectivity index (χ4n) is 4.26. The molecule has 3 rings (SSSR count). The summed E-state index contributed by atoms with van der Waals surface area (Å²) in [5, 5.41) is 22.6. The van der Waals surface area contributed by atoms with Crippen LogP contribution in [0.4, 0.5) is 5.95 Å². The Hall–Kier alpha value is -2.50. The minimum atomic E-state index is -1.53. The van der Waals surface area contributed by atoms with Crippen LogP contribution in [0.5, 0.6) is 0 Å². The molecule has 0 aliphatic carbocycles. The zero-order valence-electron chi connectivity index (χ0n) is 23.3. The number of anilines is 1. The summed E-state index contributed by atoms with van der Waals surface area (Å²) >= 11 is 0.